The second-order valence-electron chi connectivity index (χ2n) is 5.42. The molecule has 1 aromatic heterocycles. The summed E-state index contributed by atoms with van der Waals surface area (Å²) in [5, 5.41) is 17.5. The van der Waals surface area contributed by atoms with Crippen molar-refractivity contribution in [1.29, 1.82) is 0 Å². The number of benzene rings is 1. The third kappa shape index (κ3) is 3.91. The van der Waals surface area contributed by atoms with Crippen LogP contribution in [0.25, 0.3) is 11.4 Å². The molecule has 2 amide bonds. The molecule has 0 saturated carbocycles. The SMILES string of the molecule is O=C(Cn1nnc(-c2ccccc2)n1)NC1CCCCNC1=O. The van der Waals surface area contributed by atoms with Crippen LogP contribution in [0.2, 0.25) is 0 Å². The summed E-state index contributed by atoms with van der Waals surface area (Å²) in [7, 11) is 0. The van der Waals surface area contributed by atoms with Crippen LogP contribution in [0.15, 0.2) is 30.3 Å². The molecule has 1 fully saturated rings. The molecule has 1 aromatic carbocycles. The second-order valence-corrected chi connectivity index (χ2v) is 5.42. The van der Waals surface area contributed by atoms with Gasteiger partial charge in [0.25, 0.3) is 0 Å². The molecule has 2 aromatic rings. The maximum atomic E-state index is 12.1. The first-order valence-corrected chi connectivity index (χ1v) is 7.63. The maximum Gasteiger partial charge on any atom is 0.244 e. The highest BCUT2D eigenvalue weighted by atomic mass is 16.2. The van der Waals surface area contributed by atoms with Crippen molar-refractivity contribution in [3.8, 4) is 11.4 Å². The van der Waals surface area contributed by atoms with Gasteiger partial charge < -0.3 is 10.6 Å². The standard InChI is InChI=1S/C15H18N6O2/c22-13(17-12-8-4-5-9-16-15(12)23)10-21-19-14(18-20-21)11-6-2-1-3-7-11/h1-3,6-7,12H,4-5,8-10H2,(H,16,23)(H,17,22). The Morgan fingerprint density at radius 2 is 2.13 bits per heavy atom. The summed E-state index contributed by atoms with van der Waals surface area (Å²) in [4.78, 5) is 25.1. The average molecular weight is 314 g/mol. The lowest BCUT2D eigenvalue weighted by Gasteiger charge is -2.14. The van der Waals surface area contributed by atoms with Crippen molar-refractivity contribution in [2.75, 3.05) is 6.54 Å². The minimum absolute atomic E-state index is 0.0659. The summed E-state index contributed by atoms with van der Waals surface area (Å²) < 4.78 is 0. The van der Waals surface area contributed by atoms with Crippen molar-refractivity contribution in [3.63, 3.8) is 0 Å². The Labute approximate surface area is 133 Å². The molecular weight excluding hydrogens is 296 g/mol. The Morgan fingerprint density at radius 3 is 2.96 bits per heavy atom. The van der Waals surface area contributed by atoms with Gasteiger partial charge in [-0.3, -0.25) is 9.59 Å². The highest BCUT2D eigenvalue weighted by Crippen LogP contribution is 2.11. The first-order chi connectivity index (χ1) is 11.2. The van der Waals surface area contributed by atoms with Crippen LogP contribution in [0.1, 0.15) is 19.3 Å². The summed E-state index contributed by atoms with van der Waals surface area (Å²) in [6, 6.07) is 8.93. The van der Waals surface area contributed by atoms with E-state index in [1.807, 2.05) is 30.3 Å². The van der Waals surface area contributed by atoms with E-state index in [0.29, 0.717) is 18.8 Å². The molecule has 1 unspecified atom stereocenters. The molecule has 8 heteroatoms. The summed E-state index contributed by atoms with van der Waals surface area (Å²) in [6.45, 7) is 0.597. The third-order valence-electron chi connectivity index (χ3n) is 3.64. The molecule has 3 rings (SSSR count). The van der Waals surface area contributed by atoms with Crippen LogP contribution in [0.4, 0.5) is 0 Å². The van der Waals surface area contributed by atoms with E-state index in [0.717, 1.165) is 18.4 Å². The van der Waals surface area contributed by atoms with Gasteiger partial charge in [0.1, 0.15) is 12.6 Å². The number of nitrogens with one attached hydrogen (secondary N) is 2. The molecule has 1 aliphatic heterocycles. The molecule has 1 saturated heterocycles. The van der Waals surface area contributed by atoms with Crippen LogP contribution in [0, 0.1) is 0 Å². The van der Waals surface area contributed by atoms with Gasteiger partial charge >= 0.3 is 0 Å². The number of hydrogen-bond acceptors (Lipinski definition) is 5. The van der Waals surface area contributed by atoms with Crippen molar-refractivity contribution in [1.82, 2.24) is 30.8 Å². The Kier molecular flexibility index (Phi) is 4.60. The fraction of sp³-hybridized carbons (Fsp3) is 0.400. The molecule has 0 spiro atoms. The predicted octanol–water partition coefficient (Wildman–Crippen LogP) is 0.125. The van der Waals surface area contributed by atoms with E-state index in [1.165, 1.54) is 4.80 Å². The Morgan fingerprint density at radius 1 is 1.30 bits per heavy atom. The van der Waals surface area contributed by atoms with Gasteiger partial charge in [0.05, 0.1) is 0 Å². The normalized spacial score (nSPS) is 18.1. The zero-order chi connectivity index (χ0) is 16.1. The molecule has 23 heavy (non-hydrogen) atoms. The van der Waals surface area contributed by atoms with E-state index in [1.54, 1.807) is 0 Å². The Hall–Kier alpha value is -2.77. The van der Waals surface area contributed by atoms with Gasteiger partial charge in [-0.1, -0.05) is 30.3 Å². The largest absolute Gasteiger partial charge is 0.354 e. The van der Waals surface area contributed by atoms with Gasteiger partial charge in [-0.25, -0.2) is 0 Å². The van der Waals surface area contributed by atoms with Crippen LogP contribution in [-0.2, 0) is 16.1 Å². The van der Waals surface area contributed by atoms with Crippen LogP contribution in [-0.4, -0.2) is 44.6 Å². The minimum atomic E-state index is -0.484. The number of nitrogens with zero attached hydrogens (tertiary/aromatic N) is 4. The molecular formula is C15H18N6O2. The van der Waals surface area contributed by atoms with E-state index in [2.05, 4.69) is 26.0 Å². The summed E-state index contributed by atoms with van der Waals surface area (Å²) in [5.74, 6) is 0.0297. The smallest absolute Gasteiger partial charge is 0.244 e. The molecule has 1 aliphatic rings. The van der Waals surface area contributed by atoms with Crippen molar-refractivity contribution in [2.24, 2.45) is 0 Å². The fourth-order valence-corrected chi connectivity index (χ4v) is 2.46. The van der Waals surface area contributed by atoms with Gasteiger partial charge in [-0.15, -0.1) is 10.2 Å². The van der Waals surface area contributed by atoms with Crippen molar-refractivity contribution >= 4 is 11.8 Å². The lowest BCUT2D eigenvalue weighted by atomic mass is 10.1. The minimum Gasteiger partial charge on any atom is -0.354 e. The molecule has 8 nitrogen and oxygen atoms in total. The number of hydrogen-bond donors (Lipinski definition) is 2. The van der Waals surface area contributed by atoms with E-state index >= 15 is 0 Å². The van der Waals surface area contributed by atoms with Gasteiger partial charge in [-0.05, 0) is 24.5 Å². The third-order valence-corrected chi connectivity index (χ3v) is 3.64. The van der Waals surface area contributed by atoms with E-state index in [9.17, 15) is 9.59 Å². The second kappa shape index (κ2) is 6.99. The number of aromatic nitrogens is 4. The highest BCUT2D eigenvalue weighted by Gasteiger charge is 2.22. The number of carbonyl (C=O) groups excluding carboxylic acids is 2. The first kappa shape index (κ1) is 15.1. The molecule has 2 N–H and O–H groups in total. The van der Waals surface area contributed by atoms with Crippen LogP contribution < -0.4 is 10.6 Å². The highest BCUT2D eigenvalue weighted by molar-refractivity contribution is 5.87. The van der Waals surface area contributed by atoms with Crippen molar-refractivity contribution in [2.45, 2.75) is 31.8 Å². The monoisotopic (exact) mass is 314 g/mol. The van der Waals surface area contributed by atoms with Gasteiger partial charge in [-0.2, -0.15) is 4.80 Å². The zero-order valence-corrected chi connectivity index (χ0v) is 12.6. The maximum absolute atomic E-state index is 12.1. The molecule has 1 atom stereocenters. The zero-order valence-electron chi connectivity index (χ0n) is 12.6. The average Bonchev–Trinajstić information content (AvgIpc) is 2.93. The topological polar surface area (TPSA) is 102 Å². The molecule has 0 bridgehead atoms. The number of carbonyl (C=O) groups is 2. The van der Waals surface area contributed by atoms with Crippen LogP contribution in [0.5, 0.6) is 0 Å². The number of tetrazole rings is 1. The predicted molar refractivity (Wildman–Crippen MR) is 82.0 cm³/mol. The molecule has 0 aliphatic carbocycles. The first-order valence-electron chi connectivity index (χ1n) is 7.63. The van der Waals surface area contributed by atoms with Crippen LogP contribution >= 0.6 is 0 Å². The van der Waals surface area contributed by atoms with Crippen molar-refractivity contribution < 1.29 is 9.59 Å². The van der Waals surface area contributed by atoms with E-state index in [4.69, 9.17) is 0 Å². The lowest BCUT2D eigenvalue weighted by molar-refractivity contribution is -0.129. The number of amides is 2. The lowest BCUT2D eigenvalue weighted by Crippen LogP contribution is -2.46. The fourth-order valence-electron chi connectivity index (χ4n) is 2.46. The van der Waals surface area contributed by atoms with Gasteiger partial charge in [0.15, 0.2) is 0 Å². The Bertz CT molecular complexity index is 684. The quantitative estimate of drug-likeness (QED) is 0.835. The summed E-state index contributed by atoms with van der Waals surface area (Å²) >= 11 is 0. The summed E-state index contributed by atoms with van der Waals surface area (Å²) in [6.07, 6.45) is 2.49. The molecule has 120 valence electrons. The van der Waals surface area contributed by atoms with Gasteiger partial charge in [0.2, 0.25) is 17.6 Å². The van der Waals surface area contributed by atoms with Crippen LogP contribution in [0.3, 0.4) is 0 Å². The van der Waals surface area contributed by atoms with Gasteiger partial charge in [0, 0.05) is 12.1 Å². The number of rotatable bonds is 4. The van der Waals surface area contributed by atoms with Crippen molar-refractivity contribution in [3.05, 3.63) is 30.3 Å². The molecule has 0 radical (unpaired) electrons. The van der Waals surface area contributed by atoms with E-state index < -0.39 is 6.04 Å². The molecule has 2 heterocycles. The summed E-state index contributed by atoms with van der Waals surface area (Å²) in [5.41, 5.74) is 0.835. The van der Waals surface area contributed by atoms with E-state index in [-0.39, 0.29) is 18.4 Å². The Balaban J connectivity index is 1.60.